The minimum absolute atomic E-state index is 0.155. The molecule has 0 spiro atoms. The Morgan fingerprint density at radius 2 is 1.07 bits per heavy atom. The molecule has 0 atom stereocenters. The van der Waals surface area contributed by atoms with E-state index in [0.29, 0.717) is 37.9 Å². The molecule has 2 rings (SSSR count). The quantitative estimate of drug-likeness (QED) is 0.199. The SMILES string of the molecule is CCOP(=[Se])(OCC)OP1(OCC)(OP(=[Se])(OCC)OCC)Oc2ccccc2O1. The summed E-state index contributed by atoms with van der Waals surface area (Å²) in [6, 6.07) is 7.08. The first-order valence-corrected chi connectivity index (χ1v) is 18.9. The summed E-state index contributed by atoms with van der Waals surface area (Å²) >= 11 is 5.76. The molecule has 0 N–H and O–H groups in total. The summed E-state index contributed by atoms with van der Waals surface area (Å²) < 4.78 is 54.5. The van der Waals surface area contributed by atoms with Crippen LogP contribution in [-0.4, -0.2) is 63.2 Å². The summed E-state index contributed by atoms with van der Waals surface area (Å²) in [6.45, 7) is 10.5. The molecule has 0 aromatic heterocycles. The fourth-order valence-corrected chi connectivity index (χ4v) is 16.8. The van der Waals surface area contributed by atoms with Gasteiger partial charge in [-0.25, -0.2) is 0 Å². The molecule has 1 heterocycles. The molecule has 0 unspecified atom stereocenters. The van der Waals surface area contributed by atoms with E-state index in [1.165, 1.54) is 0 Å². The van der Waals surface area contributed by atoms with Crippen LogP contribution in [0.5, 0.6) is 11.5 Å². The van der Waals surface area contributed by atoms with Crippen LogP contribution in [0.3, 0.4) is 0 Å². The molecule has 0 aliphatic carbocycles. The summed E-state index contributed by atoms with van der Waals surface area (Å²) in [7, 11) is -4.88. The zero-order valence-corrected chi connectivity index (χ0v) is 23.8. The Morgan fingerprint density at radius 1 is 0.700 bits per heavy atom. The minimum atomic E-state index is -4.88. The van der Waals surface area contributed by atoms with Crippen LogP contribution in [0.1, 0.15) is 34.6 Å². The number of rotatable bonds is 14. The Kier molecular flexibility index (Phi) is 10.2. The van der Waals surface area contributed by atoms with Gasteiger partial charge >= 0.3 is 194 Å². The van der Waals surface area contributed by atoms with E-state index in [0.717, 1.165) is 0 Å². The third-order valence-electron chi connectivity index (χ3n) is 3.30. The first kappa shape index (κ1) is 27.1. The van der Waals surface area contributed by atoms with Crippen molar-refractivity contribution >= 4 is 50.3 Å². The van der Waals surface area contributed by atoms with Crippen LogP contribution >= 0.6 is 20.1 Å². The maximum atomic E-state index is 6.37. The molecule has 0 amide bonds. The van der Waals surface area contributed by atoms with Gasteiger partial charge in [0.2, 0.25) is 0 Å². The number of para-hydroxylation sites is 2. The number of hydrogen-bond acceptors (Lipinski definition) is 9. The van der Waals surface area contributed by atoms with Gasteiger partial charge in [0.15, 0.2) is 0 Å². The number of benzene rings is 1. The summed E-state index contributed by atoms with van der Waals surface area (Å²) in [5.41, 5.74) is 0. The van der Waals surface area contributed by atoms with Gasteiger partial charge in [0.05, 0.1) is 0 Å². The van der Waals surface area contributed by atoms with Crippen molar-refractivity contribution in [2.24, 2.45) is 0 Å². The van der Waals surface area contributed by atoms with E-state index in [1.807, 2.05) is 39.8 Å². The van der Waals surface area contributed by atoms with Gasteiger partial charge < -0.3 is 0 Å². The molecule has 0 radical (unpaired) electrons. The molecular formula is C16H29O9P3Se2. The van der Waals surface area contributed by atoms with Gasteiger partial charge in [-0.15, -0.1) is 0 Å². The predicted molar refractivity (Wildman–Crippen MR) is 120 cm³/mol. The van der Waals surface area contributed by atoms with Crippen molar-refractivity contribution in [1.82, 2.24) is 0 Å². The van der Waals surface area contributed by atoms with E-state index >= 15 is 0 Å². The first-order valence-electron chi connectivity index (χ1n) is 9.59. The van der Waals surface area contributed by atoms with Gasteiger partial charge in [-0.2, -0.15) is 0 Å². The first-order chi connectivity index (χ1) is 14.2. The molecule has 1 aliphatic rings. The summed E-state index contributed by atoms with van der Waals surface area (Å²) in [5.74, 6) is 0.811. The summed E-state index contributed by atoms with van der Waals surface area (Å²) in [4.78, 5) is 0. The molecule has 1 aromatic rings. The predicted octanol–water partition coefficient (Wildman–Crippen LogP) is 5.49. The van der Waals surface area contributed by atoms with Crippen molar-refractivity contribution in [3.8, 4) is 11.5 Å². The second kappa shape index (κ2) is 11.3. The van der Waals surface area contributed by atoms with Crippen LogP contribution in [0.2, 0.25) is 0 Å². The van der Waals surface area contributed by atoms with E-state index in [1.54, 1.807) is 19.1 Å². The van der Waals surface area contributed by atoms with Crippen LogP contribution in [0.4, 0.5) is 0 Å². The molecule has 1 aromatic carbocycles. The Labute approximate surface area is 193 Å². The van der Waals surface area contributed by atoms with Gasteiger partial charge in [0, 0.05) is 0 Å². The van der Waals surface area contributed by atoms with E-state index in [9.17, 15) is 0 Å². The Bertz CT molecular complexity index is 729. The fraction of sp³-hybridized carbons (Fsp3) is 0.625. The van der Waals surface area contributed by atoms with Crippen LogP contribution < -0.4 is 9.05 Å². The normalized spacial score (nSPS) is 18.6. The van der Waals surface area contributed by atoms with E-state index in [-0.39, 0.29) is 6.61 Å². The second-order valence-electron chi connectivity index (χ2n) is 5.52. The number of fused-ring (bicyclic) bond motifs is 1. The average Bonchev–Trinajstić information content (AvgIpc) is 2.95. The summed E-state index contributed by atoms with van der Waals surface area (Å²) in [5, 5.41) is 0. The standard InChI is InChI=1S/C16H29O9P3Se2/c1-6-17-26(29,18-7-2)24-28(21-10-5,25-27(30,19-8-3)20-9-4)22-15-13-11-12-14-16(15)23-28/h11-14H,6-10H2,1-5H3. The van der Waals surface area contributed by atoms with Crippen LogP contribution in [0, 0.1) is 0 Å². The molecule has 0 bridgehead atoms. The van der Waals surface area contributed by atoms with E-state index < -0.39 is 20.1 Å². The molecule has 0 saturated heterocycles. The van der Waals surface area contributed by atoms with Crippen LogP contribution in [0.15, 0.2) is 24.3 Å². The molecule has 9 nitrogen and oxygen atoms in total. The Morgan fingerprint density at radius 3 is 1.37 bits per heavy atom. The van der Waals surface area contributed by atoms with Gasteiger partial charge in [0.1, 0.15) is 0 Å². The molecule has 30 heavy (non-hydrogen) atoms. The maximum absolute atomic E-state index is 6.37. The van der Waals surface area contributed by atoms with Gasteiger partial charge in [-0.3, -0.25) is 0 Å². The van der Waals surface area contributed by atoms with Crippen molar-refractivity contribution in [2.75, 3.05) is 33.0 Å². The van der Waals surface area contributed by atoms with Gasteiger partial charge in [-0.1, -0.05) is 0 Å². The van der Waals surface area contributed by atoms with Crippen LogP contribution in [0.25, 0.3) is 0 Å². The molecule has 14 heteroatoms. The van der Waals surface area contributed by atoms with E-state index in [2.05, 4.69) is 30.2 Å². The van der Waals surface area contributed by atoms with Gasteiger partial charge in [-0.05, 0) is 0 Å². The van der Waals surface area contributed by atoms with Crippen LogP contribution in [-0.2, 0) is 31.2 Å². The monoisotopic (exact) mass is 618 g/mol. The molecule has 0 saturated carbocycles. The molecular weight excluding hydrogens is 587 g/mol. The van der Waals surface area contributed by atoms with Crippen molar-refractivity contribution < 1.29 is 40.3 Å². The second-order valence-corrected chi connectivity index (χ2v) is 17.4. The zero-order valence-electron chi connectivity index (χ0n) is 17.7. The summed E-state index contributed by atoms with van der Waals surface area (Å²) in [6.07, 6.45) is -6.21. The van der Waals surface area contributed by atoms with Crippen molar-refractivity contribution in [2.45, 2.75) is 34.6 Å². The van der Waals surface area contributed by atoms with Gasteiger partial charge in [0.25, 0.3) is 0 Å². The number of hydrogen-bond donors (Lipinski definition) is 0. The topological polar surface area (TPSA) is 83.1 Å². The molecule has 0 fully saturated rings. The third kappa shape index (κ3) is 6.47. The fourth-order valence-electron chi connectivity index (χ4n) is 2.46. The average molecular weight is 616 g/mol. The third-order valence-corrected chi connectivity index (χ3v) is 16.2. The van der Waals surface area contributed by atoms with Crippen molar-refractivity contribution in [3.05, 3.63) is 24.3 Å². The van der Waals surface area contributed by atoms with Crippen molar-refractivity contribution in [3.63, 3.8) is 0 Å². The Hall–Kier alpha value is 0.869. The van der Waals surface area contributed by atoms with Crippen molar-refractivity contribution in [1.29, 1.82) is 0 Å². The zero-order chi connectivity index (χ0) is 22.3. The van der Waals surface area contributed by atoms with E-state index in [4.69, 9.17) is 40.3 Å². The Balaban J connectivity index is 2.63. The molecule has 174 valence electrons. The molecule has 1 aliphatic heterocycles.